The molecule has 3 aromatic rings. The summed E-state index contributed by atoms with van der Waals surface area (Å²) in [5.41, 5.74) is 10.6. The summed E-state index contributed by atoms with van der Waals surface area (Å²) in [6.07, 6.45) is 0. The molecule has 0 saturated heterocycles. The fourth-order valence-corrected chi connectivity index (χ4v) is 3.19. The van der Waals surface area contributed by atoms with Gasteiger partial charge in [-0.05, 0) is 66.4 Å². The molecule has 0 heterocycles. The van der Waals surface area contributed by atoms with Gasteiger partial charge in [-0.15, -0.1) is 0 Å². The van der Waals surface area contributed by atoms with Crippen LogP contribution in [0, 0.1) is 18.3 Å². The number of nitrogens with one attached hydrogen (secondary N) is 1. The van der Waals surface area contributed by atoms with Crippen LogP contribution >= 0.6 is 0 Å². The Hall–Kier alpha value is -3.62. The minimum atomic E-state index is -0.177. The summed E-state index contributed by atoms with van der Waals surface area (Å²) in [6, 6.07) is 22.9. The predicted octanol–water partition coefficient (Wildman–Crippen LogP) is 4.36. The van der Waals surface area contributed by atoms with Crippen molar-refractivity contribution < 1.29 is 9.53 Å². The first-order valence-corrected chi connectivity index (χ1v) is 9.86. The summed E-state index contributed by atoms with van der Waals surface area (Å²) < 4.78 is 5.55. The van der Waals surface area contributed by atoms with Crippen molar-refractivity contribution in [2.75, 3.05) is 13.2 Å². The molecule has 152 valence electrons. The van der Waals surface area contributed by atoms with Crippen LogP contribution in [0.5, 0.6) is 5.75 Å². The van der Waals surface area contributed by atoms with Gasteiger partial charge in [-0.25, -0.2) is 0 Å². The van der Waals surface area contributed by atoms with Crippen molar-refractivity contribution in [2.45, 2.75) is 19.9 Å². The molecule has 1 atom stereocenters. The minimum Gasteiger partial charge on any atom is -0.492 e. The van der Waals surface area contributed by atoms with Gasteiger partial charge in [0.2, 0.25) is 0 Å². The second-order valence-electron chi connectivity index (χ2n) is 7.12. The Labute approximate surface area is 177 Å². The lowest BCUT2D eigenvalue weighted by Gasteiger charge is -2.17. The van der Waals surface area contributed by atoms with Crippen LogP contribution in [-0.2, 0) is 0 Å². The van der Waals surface area contributed by atoms with Crippen molar-refractivity contribution >= 4 is 5.91 Å². The van der Waals surface area contributed by atoms with E-state index in [4.69, 9.17) is 15.7 Å². The molecular weight excluding hydrogens is 374 g/mol. The highest BCUT2D eigenvalue weighted by Gasteiger charge is 2.15. The molecule has 0 aliphatic heterocycles. The molecule has 0 radical (unpaired) electrons. The number of carbonyl (C=O) groups is 1. The summed E-state index contributed by atoms with van der Waals surface area (Å²) in [7, 11) is 0. The van der Waals surface area contributed by atoms with E-state index in [9.17, 15) is 4.79 Å². The number of hydrogen-bond acceptors (Lipinski definition) is 4. The molecule has 0 aliphatic rings. The first-order valence-electron chi connectivity index (χ1n) is 9.86. The Morgan fingerprint density at radius 3 is 2.57 bits per heavy atom. The van der Waals surface area contributed by atoms with Crippen LogP contribution in [0.15, 0.2) is 66.7 Å². The van der Waals surface area contributed by atoms with E-state index in [2.05, 4.69) is 17.5 Å². The van der Waals surface area contributed by atoms with Crippen LogP contribution in [0.1, 0.15) is 40.0 Å². The number of nitriles is 1. The number of nitrogens with two attached hydrogens (primary N) is 1. The maximum Gasteiger partial charge on any atom is 0.252 e. The van der Waals surface area contributed by atoms with Gasteiger partial charge in [0.15, 0.2) is 0 Å². The molecule has 0 aromatic heterocycles. The normalized spacial score (nSPS) is 11.4. The first-order chi connectivity index (χ1) is 14.5. The first kappa shape index (κ1) is 21.1. The molecule has 3 N–H and O–H groups in total. The third kappa shape index (κ3) is 5.05. The highest BCUT2D eigenvalue weighted by Crippen LogP contribution is 2.24. The zero-order chi connectivity index (χ0) is 21.5. The fraction of sp³-hybridized carbons (Fsp3) is 0.200. The second-order valence-corrected chi connectivity index (χ2v) is 7.12. The Balaban J connectivity index is 1.76. The molecule has 0 bridgehead atoms. The molecule has 1 amide bonds. The number of hydrogen-bond donors (Lipinski definition) is 2. The van der Waals surface area contributed by atoms with Crippen LogP contribution in [0.25, 0.3) is 11.1 Å². The largest absolute Gasteiger partial charge is 0.492 e. The molecule has 30 heavy (non-hydrogen) atoms. The van der Waals surface area contributed by atoms with Gasteiger partial charge in [-0.1, -0.05) is 36.4 Å². The molecule has 3 aromatic carbocycles. The van der Waals surface area contributed by atoms with Crippen LogP contribution in [0.2, 0.25) is 0 Å². The van der Waals surface area contributed by atoms with Crippen LogP contribution in [-0.4, -0.2) is 19.1 Å². The second kappa shape index (κ2) is 9.73. The van der Waals surface area contributed by atoms with E-state index in [-0.39, 0.29) is 11.9 Å². The number of benzene rings is 3. The SMILES string of the molecule is Cc1ccc(OCCN)cc1C(=O)N[C@H](C)c1cccc(-c2ccc(C#N)cc2)c1. The van der Waals surface area contributed by atoms with Crippen molar-refractivity contribution in [1.29, 1.82) is 5.26 Å². The van der Waals surface area contributed by atoms with Gasteiger partial charge in [-0.2, -0.15) is 5.26 Å². The van der Waals surface area contributed by atoms with E-state index >= 15 is 0 Å². The Morgan fingerprint density at radius 1 is 1.10 bits per heavy atom. The van der Waals surface area contributed by atoms with Gasteiger partial charge in [0.1, 0.15) is 12.4 Å². The summed E-state index contributed by atoms with van der Waals surface area (Å²) >= 11 is 0. The monoisotopic (exact) mass is 399 g/mol. The Bertz CT molecular complexity index is 1070. The van der Waals surface area contributed by atoms with Crippen LogP contribution in [0.3, 0.4) is 0 Å². The third-order valence-electron chi connectivity index (χ3n) is 4.92. The number of carbonyl (C=O) groups excluding carboxylic acids is 1. The maximum atomic E-state index is 12.9. The van der Waals surface area contributed by atoms with Gasteiger partial charge in [0.25, 0.3) is 5.91 Å². The van der Waals surface area contributed by atoms with E-state index in [1.807, 2.05) is 56.3 Å². The Morgan fingerprint density at radius 2 is 1.87 bits per heavy atom. The van der Waals surface area contributed by atoms with Gasteiger partial charge in [0.05, 0.1) is 17.7 Å². The lowest BCUT2D eigenvalue weighted by atomic mass is 9.99. The van der Waals surface area contributed by atoms with Crippen LogP contribution < -0.4 is 15.8 Å². The van der Waals surface area contributed by atoms with Crippen LogP contribution in [0.4, 0.5) is 0 Å². The van der Waals surface area contributed by atoms with E-state index in [1.54, 1.807) is 18.2 Å². The standard InChI is InChI=1S/C25H25N3O2/c1-17-6-11-23(30-13-12-26)15-24(17)25(29)28-18(2)21-4-3-5-22(14-21)20-9-7-19(16-27)8-10-20/h3-11,14-15,18H,12-13,26H2,1-2H3,(H,28,29)/t18-/m1/s1. The zero-order valence-electron chi connectivity index (χ0n) is 17.2. The lowest BCUT2D eigenvalue weighted by molar-refractivity contribution is 0.0939. The van der Waals surface area contributed by atoms with E-state index in [0.717, 1.165) is 22.3 Å². The molecular formula is C25H25N3O2. The average molecular weight is 399 g/mol. The Kier molecular flexibility index (Phi) is 6.84. The topological polar surface area (TPSA) is 88.1 Å². The zero-order valence-corrected chi connectivity index (χ0v) is 17.2. The summed E-state index contributed by atoms with van der Waals surface area (Å²) in [5.74, 6) is 0.480. The van der Waals surface area contributed by atoms with Crippen molar-refractivity contribution in [1.82, 2.24) is 5.32 Å². The molecule has 0 saturated carbocycles. The van der Waals surface area contributed by atoms with E-state index in [0.29, 0.717) is 30.0 Å². The minimum absolute atomic E-state index is 0.151. The summed E-state index contributed by atoms with van der Waals surface area (Å²) in [4.78, 5) is 12.9. The molecule has 5 nitrogen and oxygen atoms in total. The predicted molar refractivity (Wildman–Crippen MR) is 118 cm³/mol. The number of rotatable bonds is 7. The van der Waals surface area contributed by atoms with Crippen molar-refractivity contribution in [2.24, 2.45) is 5.73 Å². The van der Waals surface area contributed by atoms with Crippen molar-refractivity contribution in [3.05, 3.63) is 89.0 Å². The molecule has 0 spiro atoms. The molecule has 0 unspecified atom stereocenters. The highest BCUT2D eigenvalue weighted by molar-refractivity contribution is 5.96. The van der Waals surface area contributed by atoms with E-state index in [1.165, 1.54) is 0 Å². The van der Waals surface area contributed by atoms with Gasteiger partial charge in [0, 0.05) is 12.1 Å². The maximum absolute atomic E-state index is 12.9. The van der Waals surface area contributed by atoms with E-state index < -0.39 is 0 Å². The van der Waals surface area contributed by atoms with Gasteiger partial charge >= 0.3 is 0 Å². The molecule has 0 fully saturated rings. The number of aryl methyl sites for hydroxylation is 1. The molecule has 0 aliphatic carbocycles. The fourth-order valence-electron chi connectivity index (χ4n) is 3.19. The van der Waals surface area contributed by atoms with Crippen molar-refractivity contribution in [3.8, 4) is 22.9 Å². The molecule has 3 rings (SSSR count). The summed E-state index contributed by atoms with van der Waals surface area (Å²) in [5, 5.41) is 12.0. The average Bonchev–Trinajstić information content (AvgIpc) is 2.78. The van der Waals surface area contributed by atoms with Gasteiger partial charge in [-0.3, -0.25) is 4.79 Å². The quantitative estimate of drug-likeness (QED) is 0.618. The number of amides is 1. The van der Waals surface area contributed by atoms with Crippen molar-refractivity contribution in [3.63, 3.8) is 0 Å². The smallest absolute Gasteiger partial charge is 0.252 e. The number of ether oxygens (including phenoxy) is 1. The third-order valence-corrected chi connectivity index (χ3v) is 4.92. The van der Waals surface area contributed by atoms with Gasteiger partial charge < -0.3 is 15.8 Å². The highest BCUT2D eigenvalue weighted by atomic mass is 16.5. The lowest BCUT2D eigenvalue weighted by Crippen LogP contribution is -2.27. The number of nitrogens with zero attached hydrogens (tertiary/aromatic N) is 1. The summed E-state index contributed by atoms with van der Waals surface area (Å²) in [6.45, 7) is 4.68. The molecule has 5 heteroatoms.